The van der Waals surface area contributed by atoms with Crippen LogP contribution in [0.25, 0.3) is 0 Å². The van der Waals surface area contributed by atoms with Gasteiger partial charge in [0.25, 0.3) is 5.91 Å². The minimum Gasteiger partial charge on any atom is -0.348 e. The second-order valence-corrected chi connectivity index (χ2v) is 5.40. The van der Waals surface area contributed by atoms with Crippen LogP contribution in [0.3, 0.4) is 0 Å². The van der Waals surface area contributed by atoms with Crippen LogP contribution in [0.2, 0.25) is 5.02 Å². The standard InChI is InChI=1S/C12H11ClIN3O/c1-7-9(6-16-17-7)5-15-12(18)8-2-3-11(14)10(13)4-8/h2-4,6H,5H2,1H3,(H,15,18)(H,16,17). The third-order valence-electron chi connectivity index (χ3n) is 2.56. The summed E-state index contributed by atoms with van der Waals surface area (Å²) in [6.07, 6.45) is 1.70. The maximum Gasteiger partial charge on any atom is 0.251 e. The van der Waals surface area contributed by atoms with E-state index in [4.69, 9.17) is 11.6 Å². The number of carbonyl (C=O) groups is 1. The van der Waals surface area contributed by atoms with Crippen molar-refractivity contribution >= 4 is 40.1 Å². The van der Waals surface area contributed by atoms with Crippen LogP contribution < -0.4 is 5.32 Å². The van der Waals surface area contributed by atoms with Crippen LogP contribution in [0, 0.1) is 10.5 Å². The second-order valence-electron chi connectivity index (χ2n) is 3.83. The van der Waals surface area contributed by atoms with Gasteiger partial charge in [0.1, 0.15) is 0 Å². The summed E-state index contributed by atoms with van der Waals surface area (Å²) < 4.78 is 0.927. The molecule has 0 radical (unpaired) electrons. The number of halogens is 2. The van der Waals surface area contributed by atoms with Crippen LogP contribution in [-0.2, 0) is 6.54 Å². The molecular weight excluding hydrogens is 365 g/mol. The first-order chi connectivity index (χ1) is 8.58. The molecule has 6 heteroatoms. The molecule has 0 atom stereocenters. The van der Waals surface area contributed by atoms with Crippen LogP contribution in [-0.4, -0.2) is 16.1 Å². The van der Waals surface area contributed by atoms with Crippen molar-refractivity contribution in [2.24, 2.45) is 0 Å². The van der Waals surface area contributed by atoms with Gasteiger partial charge in [0.2, 0.25) is 0 Å². The molecule has 1 aromatic carbocycles. The Balaban J connectivity index is 2.04. The van der Waals surface area contributed by atoms with Gasteiger partial charge < -0.3 is 5.32 Å². The van der Waals surface area contributed by atoms with E-state index in [-0.39, 0.29) is 5.91 Å². The summed E-state index contributed by atoms with van der Waals surface area (Å²) in [6.45, 7) is 2.36. The van der Waals surface area contributed by atoms with Gasteiger partial charge in [-0.3, -0.25) is 9.89 Å². The topological polar surface area (TPSA) is 57.8 Å². The molecule has 18 heavy (non-hydrogen) atoms. The summed E-state index contributed by atoms with van der Waals surface area (Å²) in [4.78, 5) is 11.9. The summed E-state index contributed by atoms with van der Waals surface area (Å²) in [5, 5.41) is 10.1. The monoisotopic (exact) mass is 375 g/mol. The maximum absolute atomic E-state index is 11.9. The Morgan fingerprint density at radius 2 is 2.33 bits per heavy atom. The van der Waals surface area contributed by atoms with Gasteiger partial charge in [-0.2, -0.15) is 5.10 Å². The highest BCUT2D eigenvalue weighted by molar-refractivity contribution is 14.1. The highest BCUT2D eigenvalue weighted by atomic mass is 127. The maximum atomic E-state index is 11.9. The Morgan fingerprint density at radius 1 is 1.56 bits per heavy atom. The minimum atomic E-state index is -0.145. The van der Waals surface area contributed by atoms with E-state index >= 15 is 0 Å². The number of hydrogen-bond donors (Lipinski definition) is 2. The summed E-state index contributed by atoms with van der Waals surface area (Å²) in [5.41, 5.74) is 2.48. The lowest BCUT2D eigenvalue weighted by atomic mass is 10.2. The number of carbonyl (C=O) groups excluding carboxylic acids is 1. The van der Waals surface area contributed by atoms with Gasteiger partial charge in [-0.15, -0.1) is 0 Å². The van der Waals surface area contributed by atoms with Gasteiger partial charge in [-0.1, -0.05) is 11.6 Å². The van der Waals surface area contributed by atoms with Gasteiger partial charge in [0.15, 0.2) is 0 Å². The van der Waals surface area contributed by atoms with E-state index in [1.165, 1.54) is 0 Å². The van der Waals surface area contributed by atoms with Crippen molar-refractivity contribution in [3.8, 4) is 0 Å². The first kappa shape index (κ1) is 13.4. The number of hydrogen-bond acceptors (Lipinski definition) is 2. The summed E-state index contributed by atoms with van der Waals surface area (Å²) in [6, 6.07) is 5.24. The predicted molar refractivity (Wildman–Crippen MR) is 78.7 cm³/mol. The summed E-state index contributed by atoms with van der Waals surface area (Å²) in [7, 11) is 0. The molecular formula is C12H11ClIN3O. The Morgan fingerprint density at radius 3 is 2.94 bits per heavy atom. The molecule has 4 nitrogen and oxygen atoms in total. The van der Waals surface area contributed by atoms with Crippen molar-refractivity contribution in [3.05, 3.63) is 49.8 Å². The number of nitrogens with one attached hydrogen (secondary N) is 2. The molecule has 1 heterocycles. The molecule has 1 aromatic heterocycles. The van der Waals surface area contributed by atoms with Crippen LogP contribution in [0.15, 0.2) is 24.4 Å². The van der Waals surface area contributed by atoms with Crippen molar-refractivity contribution in [2.75, 3.05) is 0 Å². The zero-order valence-electron chi connectivity index (χ0n) is 9.63. The lowest BCUT2D eigenvalue weighted by molar-refractivity contribution is 0.0951. The van der Waals surface area contributed by atoms with E-state index in [2.05, 4.69) is 38.1 Å². The van der Waals surface area contributed by atoms with Gasteiger partial charge in [-0.25, -0.2) is 0 Å². The Hall–Kier alpha value is -1.08. The molecule has 2 rings (SSSR count). The first-order valence-electron chi connectivity index (χ1n) is 5.30. The Labute approximate surface area is 123 Å². The van der Waals surface area contributed by atoms with Crippen LogP contribution in [0.5, 0.6) is 0 Å². The summed E-state index contributed by atoms with van der Waals surface area (Å²) >= 11 is 8.10. The average molecular weight is 376 g/mol. The molecule has 1 amide bonds. The highest BCUT2D eigenvalue weighted by Crippen LogP contribution is 2.19. The summed E-state index contributed by atoms with van der Waals surface area (Å²) in [5.74, 6) is -0.145. The third kappa shape index (κ3) is 3.02. The van der Waals surface area contributed by atoms with Crippen LogP contribution in [0.4, 0.5) is 0 Å². The molecule has 0 aliphatic carbocycles. The zero-order chi connectivity index (χ0) is 13.1. The zero-order valence-corrected chi connectivity index (χ0v) is 12.5. The number of nitrogens with zero attached hydrogens (tertiary/aromatic N) is 1. The number of rotatable bonds is 3. The average Bonchev–Trinajstić information content (AvgIpc) is 2.75. The molecule has 0 unspecified atom stereocenters. The van der Waals surface area contributed by atoms with Gasteiger partial charge in [0.05, 0.1) is 11.2 Å². The van der Waals surface area contributed by atoms with Crippen molar-refractivity contribution in [1.82, 2.24) is 15.5 Å². The number of aromatic amines is 1. The molecule has 0 saturated carbocycles. The highest BCUT2D eigenvalue weighted by Gasteiger charge is 2.08. The molecule has 2 aromatic rings. The number of aromatic nitrogens is 2. The number of benzene rings is 1. The predicted octanol–water partition coefficient (Wildman–Crippen LogP) is 2.91. The second kappa shape index (κ2) is 5.71. The van der Waals surface area contributed by atoms with Crippen molar-refractivity contribution in [3.63, 3.8) is 0 Å². The number of aryl methyl sites for hydroxylation is 1. The SMILES string of the molecule is Cc1[nH]ncc1CNC(=O)c1ccc(I)c(Cl)c1. The van der Waals surface area contributed by atoms with Crippen molar-refractivity contribution < 1.29 is 4.79 Å². The van der Waals surface area contributed by atoms with E-state index in [1.807, 2.05) is 13.0 Å². The van der Waals surface area contributed by atoms with E-state index in [0.717, 1.165) is 14.8 Å². The molecule has 0 bridgehead atoms. The smallest absolute Gasteiger partial charge is 0.251 e. The molecule has 0 spiro atoms. The van der Waals surface area contributed by atoms with Gasteiger partial charge in [-0.05, 0) is 47.7 Å². The third-order valence-corrected chi connectivity index (χ3v) is 4.13. The molecule has 0 saturated heterocycles. The fraction of sp³-hybridized carbons (Fsp3) is 0.167. The Kier molecular flexibility index (Phi) is 4.23. The number of H-pyrrole nitrogens is 1. The quantitative estimate of drug-likeness (QED) is 0.811. The molecule has 0 aliphatic heterocycles. The largest absolute Gasteiger partial charge is 0.348 e. The lowest BCUT2D eigenvalue weighted by Crippen LogP contribution is -2.22. The first-order valence-corrected chi connectivity index (χ1v) is 6.75. The van der Waals surface area contributed by atoms with Crippen LogP contribution in [0.1, 0.15) is 21.6 Å². The van der Waals surface area contributed by atoms with Gasteiger partial charge >= 0.3 is 0 Å². The minimum absolute atomic E-state index is 0.145. The van der Waals surface area contributed by atoms with E-state index in [0.29, 0.717) is 17.1 Å². The van der Waals surface area contributed by atoms with E-state index in [9.17, 15) is 4.79 Å². The van der Waals surface area contributed by atoms with E-state index < -0.39 is 0 Å². The molecule has 0 fully saturated rings. The number of amides is 1. The normalized spacial score (nSPS) is 10.4. The molecule has 94 valence electrons. The molecule has 0 aliphatic rings. The lowest BCUT2D eigenvalue weighted by Gasteiger charge is -2.05. The van der Waals surface area contributed by atoms with Crippen LogP contribution >= 0.6 is 34.2 Å². The fourth-order valence-electron chi connectivity index (χ4n) is 1.47. The van der Waals surface area contributed by atoms with Crippen molar-refractivity contribution in [1.29, 1.82) is 0 Å². The molecule has 2 N–H and O–H groups in total. The van der Waals surface area contributed by atoms with Crippen molar-refractivity contribution in [2.45, 2.75) is 13.5 Å². The van der Waals surface area contributed by atoms with Gasteiger partial charge in [0, 0.05) is 26.9 Å². The Bertz CT molecular complexity index is 582. The fourth-order valence-corrected chi connectivity index (χ4v) is 1.98. The van der Waals surface area contributed by atoms with E-state index in [1.54, 1.807) is 18.3 Å².